The van der Waals surface area contributed by atoms with Gasteiger partial charge in [0.15, 0.2) is 0 Å². The zero-order chi connectivity index (χ0) is 15.9. The Morgan fingerprint density at radius 3 is 2.32 bits per heavy atom. The Morgan fingerprint density at radius 2 is 1.73 bits per heavy atom. The average molecular weight is 297 g/mol. The highest BCUT2D eigenvalue weighted by atomic mass is 16.2. The molecular formula is C17H19N3O2. The number of anilines is 1. The smallest absolute Gasteiger partial charge is 0.224 e. The number of nitrogens with one attached hydrogen (secondary N) is 2. The van der Waals surface area contributed by atoms with Crippen molar-refractivity contribution in [3.8, 4) is 0 Å². The molecule has 1 aromatic heterocycles. The summed E-state index contributed by atoms with van der Waals surface area (Å²) in [6.07, 6.45) is 3.72. The largest absolute Gasteiger partial charge is 0.349 e. The zero-order valence-electron chi connectivity index (χ0n) is 12.7. The number of rotatable bonds is 5. The molecule has 2 amide bonds. The topological polar surface area (TPSA) is 71.1 Å². The maximum atomic E-state index is 12.1. The van der Waals surface area contributed by atoms with Gasteiger partial charge < -0.3 is 10.6 Å². The molecule has 0 aliphatic carbocycles. The number of hydrogen-bond donors (Lipinski definition) is 2. The van der Waals surface area contributed by atoms with Gasteiger partial charge in [0.05, 0.1) is 12.5 Å². The molecule has 0 aliphatic rings. The molecule has 0 spiro atoms. The highest BCUT2D eigenvalue weighted by molar-refractivity contribution is 5.88. The lowest BCUT2D eigenvalue weighted by Gasteiger charge is -2.14. The SMILES string of the molecule is CC(=O)Nc1ccc(CC(=O)N[C@@H](C)c2ccncc2)cc1. The van der Waals surface area contributed by atoms with E-state index in [-0.39, 0.29) is 17.9 Å². The fraction of sp³-hybridized carbons (Fsp3) is 0.235. The van der Waals surface area contributed by atoms with Crippen LogP contribution in [0.4, 0.5) is 5.69 Å². The number of amides is 2. The molecule has 114 valence electrons. The van der Waals surface area contributed by atoms with Crippen LogP contribution in [-0.4, -0.2) is 16.8 Å². The second kappa shape index (κ2) is 7.36. The van der Waals surface area contributed by atoms with Gasteiger partial charge in [0, 0.05) is 25.0 Å². The van der Waals surface area contributed by atoms with Crippen molar-refractivity contribution in [2.45, 2.75) is 26.3 Å². The maximum Gasteiger partial charge on any atom is 0.224 e. The van der Waals surface area contributed by atoms with Crippen LogP contribution in [0.5, 0.6) is 0 Å². The molecule has 0 unspecified atom stereocenters. The van der Waals surface area contributed by atoms with Crippen LogP contribution >= 0.6 is 0 Å². The van der Waals surface area contributed by atoms with Gasteiger partial charge in [-0.2, -0.15) is 0 Å². The molecule has 0 aliphatic heterocycles. The number of aromatic nitrogens is 1. The van der Waals surface area contributed by atoms with Crippen molar-refractivity contribution in [2.24, 2.45) is 0 Å². The van der Waals surface area contributed by atoms with Crippen molar-refractivity contribution in [1.29, 1.82) is 0 Å². The highest BCUT2D eigenvalue weighted by Gasteiger charge is 2.10. The molecule has 0 bridgehead atoms. The first-order valence-corrected chi connectivity index (χ1v) is 7.10. The fourth-order valence-electron chi connectivity index (χ4n) is 2.12. The van der Waals surface area contributed by atoms with Crippen LogP contribution in [0.25, 0.3) is 0 Å². The molecule has 2 N–H and O–H groups in total. The molecule has 0 saturated carbocycles. The van der Waals surface area contributed by atoms with Gasteiger partial charge in [-0.25, -0.2) is 0 Å². The van der Waals surface area contributed by atoms with Crippen molar-refractivity contribution >= 4 is 17.5 Å². The van der Waals surface area contributed by atoms with Gasteiger partial charge >= 0.3 is 0 Å². The second-order valence-electron chi connectivity index (χ2n) is 5.12. The average Bonchev–Trinajstić information content (AvgIpc) is 2.49. The molecule has 1 heterocycles. The van der Waals surface area contributed by atoms with E-state index in [2.05, 4.69) is 15.6 Å². The van der Waals surface area contributed by atoms with Crippen LogP contribution in [0.2, 0.25) is 0 Å². The summed E-state index contributed by atoms with van der Waals surface area (Å²) in [7, 11) is 0. The van der Waals surface area contributed by atoms with Gasteiger partial charge in [-0.3, -0.25) is 14.6 Å². The fourth-order valence-corrected chi connectivity index (χ4v) is 2.12. The van der Waals surface area contributed by atoms with Crippen LogP contribution in [0.3, 0.4) is 0 Å². The third-order valence-corrected chi connectivity index (χ3v) is 3.22. The monoisotopic (exact) mass is 297 g/mol. The zero-order valence-corrected chi connectivity index (χ0v) is 12.7. The number of carbonyl (C=O) groups is 2. The summed E-state index contributed by atoms with van der Waals surface area (Å²) < 4.78 is 0. The van der Waals surface area contributed by atoms with E-state index in [1.54, 1.807) is 24.5 Å². The molecule has 2 rings (SSSR count). The van der Waals surface area contributed by atoms with Crippen LogP contribution in [0.1, 0.15) is 31.0 Å². The number of carbonyl (C=O) groups excluding carboxylic acids is 2. The van der Waals surface area contributed by atoms with Crippen molar-refractivity contribution in [3.63, 3.8) is 0 Å². The lowest BCUT2D eigenvalue weighted by molar-refractivity contribution is -0.121. The van der Waals surface area contributed by atoms with E-state index >= 15 is 0 Å². The van der Waals surface area contributed by atoms with Gasteiger partial charge in [-0.1, -0.05) is 12.1 Å². The minimum absolute atomic E-state index is 0.0448. The number of pyridine rings is 1. The summed E-state index contributed by atoms with van der Waals surface area (Å²) >= 11 is 0. The van der Waals surface area contributed by atoms with E-state index in [1.807, 2.05) is 31.2 Å². The molecule has 22 heavy (non-hydrogen) atoms. The standard InChI is InChI=1S/C17H19N3O2/c1-12(15-7-9-18-10-8-15)19-17(22)11-14-3-5-16(6-4-14)20-13(2)21/h3-10,12H,11H2,1-2H3,(H,19,22)(H,20,21)/t12-/m0/s1. The molecule has 1 aromatic carbocycles. The molecule has 5 heteroatoms. The van der Waals surface area contributed by atoms with Gasteiger partial charge in [0.2, 0.25) is 11.8 Å². The van der Waals surface area contributed by atoms with Gasteiger partial charge in [-0.05, 0) is 42.3 Å². The summed E-state index contributed by atoms with van der Waals surface area (Å²) in [4.78, 5) is 27.0. The lowest BCUT2D eigenvalue weighted by atomic mass is 10.1. The molecule has 0 radical (unpaired) electrons. The molecule has 0 saturated heterocycles. The molecule has 2 aromatic rings. The summed E-state index contributed by atoms with van der Waals surface area (Å²) in [6, 6.07) is 10.9. The predicted octanol–water partition coefficient (Wildman–Crippen LogP) is 2.46. The number of nitrogens with zero attached hydrogens (tertiary/aromatic N) is 1. The van der Waals surface area contributed by atoms with E-state index < -0.39 is 0 Å². The Kier molecular flexibility index (Phi) is 5.25. The third kappa shape index (κ3) is 4.70. The maximum absolute atomic E-state index is 12.1. The van der Waals surface area contributed by atoms with Gasteiger partial charge in [0.1, 0.15) is 0 Å². The second-order valence-corrected chi connectivity index (χ2v) is 5.12. The predicted molar refractivity (Wildman–Crippen MR) is 85.2 cm³/mol. The van der Waals surface area contributed by atoms with E-state index in [0.717, 1.165) is 16.8 Å². The minimum atomic E-state index is -0.114. The van der Waals surface area contributed by atoms with Crippen LogP contribution in [0.15, 0.2) is 48.8 Å². The van der Waals surface area contributed by atoms with E-state index in [9.17, 15) is 9.59 Å². The van der Waals surface area contributed by atoms with Crippen molar-refractivity contribution in [3.05, 3.63) is 59.9 Å². The van der Waals surface area contributed by atoms with Gasteiger partial charge in [0.25, 0.3) is 0 Å². The Balaban J connectivity index is 1.90. The van der Waals surface area contributed by atoms with Crippen molar-refractivity contribution in [2.75, 3.05) is 5.32 Å². The first-order valence-electron chi connectivity index (χ1n) is 7.10. The Bertz CT molecular complexity index is 639. The lowest BCUT2D eigenvalue weighted by Crippen LogP contribution is -2.28. The highest BCUT2D eigenvalue weighted by Crippen LogP contribution is 2.12. The Hall–Kier alpha value is -2.69. The molecule has 5 nitrogen and oxygen atoms in total. The quantitative estimate of drug-likeness (QED) is 0.890. The number of benzene rings is 1. The summed E-state index contributed by atoms with van der Waals surface area (Å²) in [6.45, 7) is 3.40. The van der Waals surface area contributed by atoms with Crippen molar-refractivity contribution in [1.82, 2.24) is 10.3 Å². The van der Waals surface area contributed by atoms with Crippen LogP contribution < -0.4 is 10.6 Å². The first-order chi connectivity index (χ1) is 10.5. The summed E-state index contributed by atoms with van der Waals surface area (Å²) in [5.74, 6) is -0.159. The normalized spacial score (nSPS) is 11.5. The first kappa shape index (κ1) is 15.7. The van der Waals surface area contributed by atoms with E-state index in [1.165, 1.54) is 6.92 Å². The van der Waals surface area contributed by atoms with Gasteiger partial charge in [-0.15, -0.1) is 0 Å². The summed E-state index contributed by atoms with van der Waals surface area (Å²) in [5.41, 5.74) is 2.64. The van der Waals surface area contributed by atoms with Crippen molar-refractivity contribution < 1.29 is 9.59 Å². The van der Waals surface area contributed by atoms with Crippen LogP contribution in [0, 0.1) is 0 Å². The Morgan fingerprint density at radius 1 is 1.09 bits per heavy atom. The van der Waals surface area contributed by atoms with E-state index in [0.29, 0.717) is 6.42 Å². The Labute approximate surface area is 129 Å². The summed E-state index contributed by atoms with van der Waals surface area (Å²) in [5, 5.41) is 5.65. The minimum Gasteiger partial charge on any atom is -0.349 e. The number of hydrogen-bond acceptors (Lipinski definition) is 3. The third-order valence-electron chi connectivity index (χ3n) is 3.22. The van der Waals surface area contributed by atoms with E-state index in [4.69, 9.17) is 0 Å². The molecular weight excluding hydrogens is 278 g/mol. The molecule has 0 fully saturated rings. The molecule has 1 atom stereocenters. The van der Waals surface area contributed by atoms with Crippen LogP contribution in [-0.2, 0) is 16.0 Å².